The van der Waals surface area contributed by atoms with Gasteiger partial charge >= 0.3 is 0 Å². The van der Waals surface area contributed by atoms with Crippen LogP contribution in [0.15, 0.2) is 12.3 Å². The monoisotopic (exact) mass is 357 g/mol. The molecule has 26 heavy (non-hydrogen) atoms. The topological polar surface area (TPSA) is 90.5 Å². The summed E-state index contributed by atoms with van der Waals surface area (Å²) in [6.07, 6.45) is 2.60. The highest BCUT2D eigenvalue weighted by molar-refractivity contribution is 5.94. The van der Waals surface area contributed by atoms with Gasteiger partial charge in [0, 0.05) is 69.2 Å². The molecule has 0 aliphatic carbocycles. The number of amides is 1. The van der Waals surface area contributed by atoms with E-state index in [2.05, 4.69) is 37.0 Å². The van der Waals surface area contributed by atoms with Crippen molar-refractivity contribution in [2.75, 3.05) is 51.8 Å². The Morgan fingerprint density at radius 2 is 2.04 bits per heavy atom. The molecule has 9 heteroatoms. The minimum absolute atomic E-state index is 0.00371. The number of fused-ring (bicyclic) bond motifs is 1. The summed E-state index contributed by atoms with van der Waals surface area (Å²) < 4.78 is 5.16. The summed E-state index contributed by atoms with van der Waals surface area (Å²) in [5.41, 5.74) is 2.70. The molecule has 138 valence electrons. The van der Waals surface area contributed by atoms with Crippen LogP contribution in [0.3, 0.4) is 0 Å². The third-order valence-corrected chi connectivity index (χ3v) is 5.00. The molecule has 0 unspecified atom stereocenters. The number of H-pyrrole nitrogens is 1. The molecule has 0 bridgehead atoms. The van der Waals surface area contributed by atoms with Gasteiger partial charge in [0.2, 0.25) is 11.8 Å². The largest absolute Gasteiger partial charge is 0.481 e. The van der Waals surface area contributed by atoms with Crippen molar-refractivity contribution in [3.63, 3.8) is 0 Å². The lowest BCUT2D eigenvalue weighted by atomic mass is 10.1. The number of piperazine rings is 1. The van der Waals surface area contributed by atoms with Crippen LogP contribution in [0.1, 0.15) is 21.7 Å². The first-order valence-electron chi connectivity index (χ1n) is 8.81. The van der Waals surface area contributed by atoms with Crippen LogP contribution in [0.25, 0.3) is 0 Å². The van der Waals surface area contributed by atoms with Gasteiger partial charge in [0.15, 0.2) is 5.69 Å². The fourth-order valence-electron chi connectivity index (χ4n) is 3.46. The van der Waals surface area contributed by atoms with E-state index in [1.54, 1.807) is 19.4 Å². The van der Waals surface area contributed by atoms with Crippen LogP contribution in [0.2, 0.25) is 0 Å². The summed E-state index contributed by atoms with van der Waals surface area (Å²) in [6.45, 7) is 4.37. The van der Waals surface area contributed by atoms with Gasteiger partial charge in [0.05, 0.1) is 7.11 Å². The van der Waals surface area contributed by atoms with Gasteiger partial charge in [-0.05, 0) is 7.05 Å². The Morgan fingerprint density at radius 1 is 1.23 bits per heavy atom. The molecule has 1 fully saturated rings. The van der Waals surface area contributed by atoms with E-state index in [1.807, 2.05) is 4.90 Å². The van der Waals surface area contributed by atoms with Gasteiger partial charge in [-0.15, -0.1) is 0 Å². The van der Waals surface area contributed by atoms with E-state index in [4.69, 9.17) is 4.74 Å². The number of likely N-dealkylation sites (N-methyl/N-ethyl adjacent to an activating group) is 1. The second kappa shape index (κ2) is 6.91. The molecule has 2 aliphatic heterocycles. The highest BCUT2D eigenvalue weighted by Crippen LogP contribution is 2.21. The Morgan fingerprint density at radius 3 is 2.81 bits per heavy atom. The normalized spacial score (nSPS) is 17.9. The number of nitrogens with zero attached hydrogens (tertiary/aromatic N) is 6. The third-order valence-electron chi connectivity index (χ3n) is 5.00. The second-order valence-corrected chi connectivity index (χ2v) is 6.70. The summed E-state index contributed by atoms with van der Waals surface area (Å²) in [5.74, 6) is 1.18. The zero-order valence-electron chi connectivity index (χ0n) is 15.1. The molecule has 0 aromatic carbocycles. The van der Waals surface area contributed by atoms with Crippen molar-refractivity contribution < 1.29 is 9.53 Å². The Bertz CT molecular complexity index is 798. The highest BCUT2D eigenvalue weighted by atomic mass is 16.5. The Labute approximate surface area is 152 Å². The molecular weight excluding hydrogens is 334 g/mol. The number of aromatic nitrogens is 4. The number of carbonyl (C=O) groups excluding carboxylic acids is 1. The molecule has 4 heterocycles. The predicted molar refractivity (Wildman–Crippen MR) is 95.3 cm³/mol. The number of aromatic amines is 1. The van der Waals surface area contributed by atoms with Crippen LogP contribution in [0.4, 0.5) is 5.95 Å². The molecule has 1 amide bonds. The van der Waals surface area contributed by atoms with Gasteiger partial charge in [-0.1, -0.05) is 0 Å². The molecule has 0 spiro atoms. The zero-order valence-corrected chi connectivity index (χ0v) is 15.1. The van der Waals surface area contributed by atoms with E-state index in [-0.39, 0.29) is 5.91 Å². The standard InChI is InChI=1S/C17H23N7O2/c1-22-6-4-13-12(11-22)15(21-20-13)16(25)23-7-9-24(10-8-23)17-18-5-3-14(19-17)26-2/h3,5H,4,6-11H2,1-2H3,(H,20,21). The average Bonchev–Trinajstić information content (AvgIpc) is 3.10. The highest BCUT2D eigenvalue weighted by Gasteiger charge is 2.29. The summed E-state index contributed by atoms with van der Waals surface area (Å²) in [6, 6.07) is 1.72. The van der Waals surface area contributed by atoms with Crippen molar-refractivity contribution in [2.24, 2.45) is 0 Å². The van der Waals surface area contributed by atoms with Crippen LogP contribution < -0.4 is 9.64 Å². The number of rotatable bonds is 3. The number of hydrogen-bond donors (Lipinski definition) is 1. The molecule has 4 rings (SSSR count). The molecule has 1 saturated heterocycles. The number of ether oxygens (including phenoxy) is 1. The number of carbonyl (C=O) groups is 1. The molecular formula is C17H23N7O2. The van der Waals surface area contributed by atoms with Crippen LogP contribution in [-0.2, 0) is 13.0 Å². The number of methoxy groups -OCH3 is 1. The zero-order chi connectivity index (χ0) is 18.1. The van der Waals surface area contributed by atoms with Crippen molar-refractivity contribution in [3.05, 3.63) is 29.2 Å². The first-order valence-corrected chi connectivity index (χ1v) is 8.81. The molecule has 9 nitrogen and oxygen atoms in total. The van der Waals surface area contributed by atoms with Crippen LogP contribution in [-0.4, -0.2) is 82.8 Å². The summed E-state index contributed by atoms with van der Waals surface area (Å²) in [5, 5.41) is 7.36. The van der Waals surface area contributed by atoms with E-state index in [0.717, 1.165) is 30.8 Å². The fourth-order valence-corrected chi connectivity index (χ4v) is 3.46. The van der Waals surface area contributed by atoms with Crippen molar-refractivity contribution in [1.82, 2.24) is 30.0 Å². The van der Waals surface area contributed by atoms with Gasteiger partial charge < -0.3 is 19.4 Å². The first kappa shape index (κ1) is 16.8. The Hall–Kier alpha value is -2.68. The summed E-state index contributed by atoms with van der Waals surface area (Å²) in [4.78, 5) is 27.8. The molecule has 2 aromatic heterocycles. The van der Waals surface area contributed by atoms with Gasteiger partial charge in [-0.2, -0.15) is 10.1 Å². The third kappa shape index (κ3) is 3.10. The van der Waals surface area contributed by atoms with Crippen LogP contribution in [0.5, 0.6) is 5.88 Å². The van der Waals surface area contributed by atoms with Gasteiger partial charge in [0.1, 0.15) is 0 Å². The van der Waals surface area contributed by atoms with Crippen LogP contribution >= 0.6 is 0 Å². The summed E-state index contributed by atoms with van der Waals surface area (Å²) >= 11 is 0. The van der Waals surface area contributed by atoms with E-state index >= 15 is 0 Å². The number of anilines is 1. The molecule has 1 N–H and O–H groups in total. The maximum Gasteiger partial charge on any atom is 0.274 e. The van der Waals surface area contributed by atoms with Crippen molar-refractivity contribution in [3.8, 4) is 5.88 Å². The molecule has 2 aliphatic rings. The van der Waals surface area contributed by atoms with Gasteiger partial charge in [-0.25, -0.2) is 4.98 Å². The lowest BCUT2D eigenvalue weighted by molar-refractivity contribution is 0.0738. The second-order valence-electron chi connectivity index (χ2n) is 6.70. The summed E-state index contributed by atoms with van der Waals surface area (Å²) in [7, 11) is 3.65. The maximum absolute atomic E-state index is 12.9. The molecule has 0 atom stereocenters. The van der Waals surface area contributed by atoms with Crippen molar-refractivity contribution >= 4 is 11.9 Å². The Balaban J connectivity index is 1.43. The van der Waals surface area contributed by atoms with Crippen LogP contribution in [0, 0.1) is 0 Å². The van der Waals surface area contributed by atoms with E-state index in [0.29, 0.717) is 43.7 Å². The minimum Gasteiger partial charge on any atom is -0.481 e. The first-order chi connectivity index (χ1) is 12.7. The average molecular weight is 357 g/mol. The van der Waals surface area contributed by atoms with E-state index in [1.165, 1.54) is 0 Å². The molecule has 0 radical (unpaired) electrons. The SMILES string of the molecule is COc1ccnc(N2CCN(C(=O)c3n[nH]c4c3CN(C)CC4)CC2)n1. The van der Waals surface area contributed by atoms with Crippen molar-refractivity contribution in [2.45, 2.75) is 13.0 Å². The maximum atomic E-state index is 12.9. The smallest absolute Gasteiger partial charge is 0.274 e. The van der Waals surface area contributed by atoms with Crippen molar-refractivity contribution in [1.29, 1.82) is 0 Å². The van der Waals surface area contributed by atoms with Gasteiger partial charge in [0.25, 0.3) is 5.91 Å². The predicted octanol–water partition coefficient (Wildman–Crippen LogP) is 0.159. The Kier molecular flexibility index (Phi) is 4.46. The number of nitrogens with one attached hydrogen (secondary N) is 1. The molecule has 0 saturated carbocycles. The quantitative estimate of drug-likeness (QED) is 0.837. The molecule has 2 aromatic rings. The van der Waals surface area contributed by atoms with E-state index in [9.17, 15) is 4.79 Å². The lowest BCUT2D eigenvalue weighted by Gasteiger charge is -2.34. The van der Waals surface area contributed by atoms with Gasteiger partial charge in [-0.3, -0.25) is 9.89 Å². The number of hydrogen-bond acceptors (Lipinski definition) is 7. The fraction of sp³-hybridized carbons (Fsp3) is 0.529. The minimum atomic E-state index is 0.00371. The lowest BCUT2D eigenvalue weighted by Crippen LogP contribution is -2.49. The van der Waals surface area contributed by atoms with E-state index < -0.39 is 0 Å².